The SMILES string of the molecule is CC(C)(C)OC(=O)NC1(c2ccc3c(c2)C[N+](=O)c2ccc(-c4ccccc4)nc2N3)CCC1. The smallest absolute Gasteiger partial charge is 0.408 e. The number of ether oxygens (including phenoxy) is 1. The summed E-state index contributed by atoms with van der Waals surface area (Å²) in [6.07, 6.45) is 2.27. The Morgan fingerprint density at radius 1 is 1.09 bits per heavy atom. The first kappa shape index (κ1) is 22.1. The number of nitroso groups, excluding NO2 is 1. The Kier molecular flexibility index (Phi) is 5.35. The summed E-state index contributed by atoms with van der Waals surface area (Å²) in [4.78, 5) is 30.3. The Bertz CT molecular complexity index is 1260. The average Bonchev–Trinajstić information content (AvgIpc) is 2.90. The largest absolute Gasteiger partial charge is 0.444 e. The van der Waals surface area contributed by atoms with Gasteiger partial charge in [0.2, 0.25) is 12.4 Å². The summed E-state index contributed by atoms with van der Waals surface area (Å²) >= 11 is 0. The molecule has 174 valence electrons. The molecule has 7 nitrogen and oxygen atoms in total. The number of alkyl carbamates (subject to hydrolysis) is 1. The van der Waals surface area contributed by atoms with Crippen molar-refractivity contribution in [1.82, 2.24) is 10.3 Å². The van der Waals surface area contributed by atoms with Crippen LogP contribution in [0.5, 0.6) is 0 Å². The second-order valence-electron chi connectivity index (χ2n) is 10.0. The molecule has 1 aliphatic heterocycles. The molecule has 0 spiro atoms. The first-order chi connectivity index (χ1) is 16.2. The molecule has 1 saturated carbocycles. The number of nitrogens with zero attached hydrogens (tertiary/aromatic N) is 2. The summed E-state index contributed by atoms with van der Waals surface area (Å²) in [7, 11) is 0. The van der Waals surface area contributed by atoms with Gasteiger partial charge in [0, 0.05) is 32.5 Å². The van der Waals surface area contributed by atoms with Crippen LogP contribution in [0.25, 0.3) is 11.3 Å². The lowest BCUT2D eigenvalue weighted by molar-refractivity contribution is -0.478. The van der Waals surface area contributed by atoms with Gasteiger partial charge in [0.25, 0.3) is 5.69 Å². The van der Waals surface area contributed by atoms with Gasteiger partial charge in [-0.25, -0.2) is 9.78 Å². The molecule has 2 aliphatic rings. The van der Waals surface area contributed by atoms with Gasteiger partial charge in [-0.3, -0.25) is 0 Å². The number of nitrogens with one attached hydrogen (secondary N) is 2. The van der Waals surface area contributed by atoms with E-state index in [4.69, 9.17) is 9.72 Å². The molecular formula is C27H29N4O3+. The van der Waals surface area contributed by atoms with E-state index in [2.05, 4.69) is 10.6 Å². The van der Waals surface area contributed by atoms with E-state index < -0.39 is 17.2 Å². The highest BCUT2D eigenvalue weighted by atomic mass is 16.6. The van der Waals surface area contributed by atoms with Crippen LogP contribution in [0.2, 0.25) is 0 Å². The Morgan fingerprint density at radius 3 is 2.53 bits per heavy atom. The Hall–Kier alpha value is -3.74. The van der Waals surface area contributed by atoms with E-state index >= 15 is 0 Å². The fourth-order valence-electron chi connectivity index (χ4n) is 4.54. The number of hydrogen-bond acceptors (Lipinski definition) is 5. The van der Waals surface area contributed by atoms with Gasteiger partial charge in [-0.2, -0.15) is 0 Å². The van der Waals surface area contributed by atoms with Crippen molar-refractivity contribution >= 4 is 23.3 Å². The lowest BCUT2D eigenvalue weighted by Crippen LogP contribution is -2.52. The van der Waals surface area contributed by atoms with Gasteiger partial charge in [-0.05, 0) is 63.8 Å². The molecule has 0 radical (unpaired) electrons. The number of hydrogen-bond donors (Lipinski definition) is 2. The number of aromatic nitrogens is 1. The van der Waals surface area contributed by atoms with Crippen LogP contribution < -0.4 is 10.6 Å². The van der Waals surface area contributed by atoms with Gasteiger partial charge < -0.3 is 15.4 Å². The molecule has 0 bridgehead atoms. The number of carbonyl (C=O) groups excluding carboxylic acids is 1. The highest BCUT2D eigenvalue weighted by Crippen LogP contribution is 2.44. The molecule has 2 N–H and O–H groups in total. The zero-order chi connectivity index (χ0) is 23.9. The third-order valence-corrected chi connectivity index (χ3v) is 6.38. The van der Waals surface area contributed by atoms with Crippen LogP contribution in [-0.4, -0.2) is 21.4 Å². The maximum atomic E-state index is 13.0. The molecule has 3 aromatic rings. The third-order valence-electron chi connectivity index (χ3n) is 6.38. The van der Waals surface area contributed by atoms with E-state index in [9.17, 15) is 9.70 Å². The first-order valence-electron chi connectivity index (χ1n) is 11.7. The molecule has 0 unspecified atom stereocenters. The minimum absolute atomic E-state index is 0.193. The van der Waals surface area contributed by atoms with Crippen molar-refractivity contribution in [2.75, 3.05) is 5.32 Å². The number of anilines is 2. The lowest BCUT2D eigenvalue weighted by Gasteiger charge is -2.43. The fourth-order valence-corrected chi connectivity index (χ4v) is 4.54. The van der Waals surface area contributed by atoms with Crippen LogP contribution in [0.1, 0.15) is 51.2 Å². The van der Waals surface area contributed by atoms with E-state index in [0.29, 0.717) is 11.5 Å². The highest BCUT2D eigenvalue weighted by molar-refractivity contribution is 5.74. The van der Waals surface area contributed by atoms with Gasteiger partial charge in [0.05, 0.1) is 11.2 Å². The van der Waals surface area contributed by atoms with E-state index in [0.717, 1.165) is 52.1 Å². The fraction of sp³-hybridized carbons (Fsp3) is 0.333. The molecule has 34 heavy (non-hydrogen) atoms. The van der Waals surface area contributed by atoms with Crippen LogP contribution >= 0.6 is 0 Å². The normalized spacial score (nSPS) is 16.3. The molecule has 0 saturated heterocycles. The maximum absolute atomic E-state index is 13.0. The van der Waals surface area contributed by atoms with E-state index in [1.807, 2.05) is 81.4 Å². The zero-order valence-electron chi connectivity index (χ0n) is 19.7. The van der Waals surface area contributed by atoms with Crippen molar-refractivity contribution in [2.24, 2.45) is 0 Å². The molecule has 1 fully saturated rings. The van der Waals surface area contributed by atoms with Gasteiger partial charge in [-0.15, -0.1) is 0 Å². The van der Waals surface area contributed by atoms with Crippen molar-refractivity contribution in [3.05, 3.63) is 76.7 Å². The Morgan fingerprint density at radius 2 is 1.85 bits per heavy atom. The van der Waals surface area contributed by atoms with Gasteiger partial charge in [0.1, 0.15) is 5.60 Å². The average molecular weight is 458 g/mol. The monoisotopic (exact) mass is 457 g/mol. The number of fused-ring (bicyclic) bond motifs is 2. The number of amides is 1. The van der Waals surface area contributed by atoms with Crippen molar-refractivity contribution in [3.63, 3.8) is 0 Å². The quantitative estimate of drug-likeness (QED) is 0.450. The molecule has 5 rings (SSSR count). The van der Waals surface area contributed by atoms with Gasteiger partial charge in [0.15, 0.2) is 0 Å². The predicted molar refractivity (Wildman–Crippen MR) is 131 cm³/mol. The van der Waals surface area contributed by atoms with E-state index in [-0.39, 0.29) is 6.54 Å². The van der Waals surface area contributed by atoms with Gasteiger partial charge >= 0.3 is 6.09 Å². The van der Waals surface area contributed by atoms with Crippen LogP contribution in [-0.2, 0) is 16.8 Å². The third kappa shape index (κ3) is 4.25. The molecule has 1 amide bonds. The number of rotatable bonds is 3. The molecule has 2 aromatic carbocycles. The van der Waals surface area contributed by atoms with Crippen molar-refractivity contribution < 1.29 is 14.3 Å². The second-order valence-corrected chi connectivity index (χ2v) is 10.0. The molecule has 2 heterocycles. The summed E-state index contributed by atoms with van der Waals surface area (Å²) in [5, 5.41) is 6.46. The van der Waals surface area contributed by atoms with Crippen molar-refractivity contribution in [2.45, 2.75) is 57.7 Å². The molecule has 1 aromatic heterocycles. The van der Waals surface area contributed by atoms with Gasteiger partial charge in [-0.1, -0.05) is 36.4 Å². The first-order valence-corrected chi connectivity index (χ1v) is 11.7. The maximum Gasteiger partial charge on any atom is 0.408 e. The minimum Gasteiger partial charge on any atom is -0.444 e. The Balaban J connectivity index is 1.45. The van der Waals surface area contributed by atoms with Crippen molar-refractivity contribution in [3.8, 4) is 11.3 Å². The zero-order valence-corrected chi connectivity index (χ0v) is 19.7. The van der Waals surface area contributed by atoms with Crippen LogP contribution in [0.3, 0.4) is 0 Å². The standard InChI is InChI=1S/C27H28N4O3/c1-26(2,3)34-25(32)30-27(14-7-15-27)20-10-11-22-19(16-20)17-31(33)23-13-12-21(28-24(23)29-22)18-8-5-4-6-9-18/h4-6,8-13,16H,7,14-15,17H2,1-3H3,(H-,28,29,30,32,33)/p+1. The highest BCUT2D eigenvalue weighted by Gasteiger charge is 2.42. The second kappa shape index (κ2) is 8.24. The summed E-state index contributed by atoms with van der Waals surface area (Å²) in [6.45, 7) is 5.75. The molecular weight excluding hydrogens is 428 g/mol. The van der Waals surface area contributed by atoms with Crippen LogP contribution in [0.4, 0.5) is 22.0 Å². The van der Waals surface area contributed by atoms with Crippen LogP contribution in [0, 0.1) is 4.91 Å². The predicted octanol–water partition coefficient (Wildman–Crippen LogP) is 6.32. The van der Waals surface area contributed by atoms with E-state index in [1.165, 1.54) is 0 Å². The summed E-state index contributed by atoms with van der Waals surface area (Å²) in [6, 6.07) is 19.6. The van der Waals surface area contributed by atoms with Crippen molar-refractivity contribution in [1.29, 1.82) is 0 Å². The summed E-state index contributed by atoms with van der Waals surface area (Å²) in [5.41, 5.74) is 3.96. The lowest BCUT2D eigenvalue weighted by atomic mass is 9.71. The number of benzene rings is 2. The van der Waals surface area contributed by atoms with Crippen LogP contribution in [0.15, 0.2) is 60.7 Å². The molecule has 1 aliphatic carbocycles. The molecule has 0 atom stereocenters. The number of carbonyl (C=O) groups is 1. The minimum atomic E-state index is -0.562. The Labute approximate surface area is 199 Å². The summed E-state index contributed by atoms with van der Waals surface area (Å²) < 4.78 is 6.47. The topological polar surface area (TPSA) is 83.3 Å². The summed E-state index contributed by atoms with van der Waals surface area (Å²) in [5.74, 6) is 0.535. The molecule has 7 heteroatoms. The van der Waals surface area contributed by atoms with E-state index in [1.54, 1.807) is 0 Å². The number of pyridine rings is 1.